The lowest BCUT2D eigenvalue weighted by Crippen LogP contribution is -2.24. The third kappa shape index (κ3) is 4.23. The van der Waals surface area contributed by atoms with E-state index in [9.17, 15) is 4.79 Å². The summed E-state index contributed by atoms with van der Waals surface area (Å²) in [5, 5.41) is 13.0. The smallest absolute Gasteiger partial charge is 0.240 e. The van der Waals surface area contributed by atoms with Crippen LogP contribution in [-0.4, -0.2) is 53.6 Å². The molecule has 0 spiro atoms. The van der Waals surface area contributed by atoms with E-state index in [-0.39, 0.29) is 18.0 Å². The Labute approximate surface area is 189 Å². The standard InChI is InChI=1S/C22H23N7O2S/c1-14(20(30)26-21-23-9-5-10-24-21)32-22-28-27-19(29(22)13-15-6-4-11-31-15)17-12-25-18-8-3-2-7-16(17)18/h2-3,5,7-10,12,14-15,25H,4,6,11,13H2,1H3,(H,23,24,26,30)/t14-,15-/m0/s1. The highest BCUT2D eigenvalue weighted by Crippen LogP contribution is 2.32. The number of anilines is 1. The number of thioether (sulfide) groups is 1. The summed E-state index contributed by atoms with van der Waals surface area (Å²) in [6, 6.07) is 9.81. The fourth-order valence-corrected chi connectivity index (χ4v) is 4.63. The van der Waals surface area contributed by atoms with Crippen LogP contribution >= 0.6 is 11.8 Å². The van der Waals surface area contributed by atoms with Gasteiger partial charge in [0.25, 0.3) is 0 Å². The molecule has 32 heavy (non-hydrogen) atoms. The van der Waals surface area contributed by atoms with Gasteiger partial charge in [0.1, 0.15) is 0 Å². The van der Waals surface area contributed by atoms with E-state index in [4.69, 9.17) is 4.74 Å². The largest absolute Gasteiger partial charge is 0.376 e. The number of para-hydroxylation sites is 1. The van der Waals surface area contributed by atoms with E-state index < -0.39 is 5.25 Å². The third-order valence-corrected chi connectivity index (χ3v) is 6.49. The lowest BCUT2D eigenvalue weighted by molar-refractivity contribution is -0.115. The molecule has 1 aromatic carbocycles. The molecule has 0 unspecified atom stereocenters. The highest BCUT2D eigenvalue weighted by atomic mass is 32.2. The van der Waals surface area contributed by atoms with Crippen LogP contribution in [-0.2, 0) is 16.1 Å². The Kier molecular flexibility index (Phi) is 5.87. The number of amides is 1. The zero-order chi connectivity index (χ0) is 21.9. The van der Waals surface area contributed by atoms with E-state index >= 15 is 0 Å². The number of H-pyrrole nitrogens is 1. The molecule has 0 aliphatic carbocycles. The Balaban J connectivity index is 1.43. The summed E-state index contributed by atoms with van der Waals surface area (Å²) >= 11 is 1.36. The number of nitrogens with zero attached hydrogens (tertiary/aromatic N) is 5. The molecule has 2 atom stereocenters. The maximum atomic E-state index is 12.7. The molecule has 0 saturated carbocycles. The molecule has 1 aliphatic heterocycles. The minimum absolute atomic E-state index is 0.108. The monoisotopic (exact) mass is 449 g/mol. The molecule has 1 aliphatic rings. The molecule has 1 amide bonds. The minimum atomic E-state index is -0.415. The van der Waals surface area contributed by atoms with Crippen molar-refractivity contribution in [1.82, 2.24) is 29.7 Å². The zero-order valence-corrected chi connectivity index (χ0v) is 18.4. The van der Waals surface area contributed by atoms with Gasteiger partial charge in [-0.2, -0.15) is 0 Å². The SMILES string of the molecule is C[C@H](Sc1nnc(-c2c[nH]c3ccccc23)n1C[C@@H]1CCCO1)C(=O)Nc1ncccn1. The lowest BCUT2D eigenvalue weighted by atomic mass is 10.1. The Hall–Kier alpha value is -3.24. The van der Waals surface area contributed by atoms with Gasteiger partial charge < -0.3 is 9.72 Å². The average molecular weight is 450 g/mol. The van der Waals surface area contributed by atoms with Crippen LogP contribution in [0.15, 0.2) is 54.1 Å². The fraction of sp³-hybridized carbons (Fsp3) is 0.318. The molecular weight excluding hydrogens is 426 g/mol. The van der Waals surface area contributed by atoms with Crippen LogP contribution < -0.4 is 5.32 Å². The van der Waals surface area contributed by atoms with E-state index in [1.807, 2.05) is 31.3 Å². The second-order valence-electron chi connectivity index (χ2n) is 7.62. The molecule has 10 heteroatoms. The molecule has 9 nitrogen and oxygen atoms in total. The number of fused-ring (bicyclic) bond motifs is 1. The van der Waals surface area contributed by atoms with Gasteiger partial charge >= 0.3 is 0 Å². The average Bonchev–Trinajstić information content (AvgIpc) is 3.56. The first-order valence-electron chi connectivity index (χ1n) is 10.5. The summed E-state index contributed by atoms with van der Waals surface area (Å²) in [4.78, 5) is 24.1. The number of aromatic amines is 1. The van der Waals surface area contributed by atoms with E-state index in [2.05, 4.69) is 41.1 Å². The van der Waals surface area contributed by atoms with Crippen molar-refractivity contribution in [3.63, 3.8) is 0 Å². The molecule has 1 saturated heterocycles. The molecule has 3 aromatic heterocycles. The van der Waals surface area contributed by atoms with Crippen molar-refractivity contribution < 1.29 is 9.53 Å². The van der Waals surface area contributed by atoms with E-state index in [1.54, 1.807) is 18.5 Å². The van der Waals surface area contributed by atoms with Gasteiger partial charge in [0.05, 0.1) is 17.9 Å². The summed E-state index contributed by atoms with van der Waals surface area (Å²) in [5.41, 5.74) is 2.02. The number of ether oxygens (including phenoxy) is 1. The topological polar surface area (TPSA) is 111 Å². The Bertz CT molecular complexity index is 1220. The maximum Gasteiger partial charge on any atom is 0.240 e. The van der Waals surface area contributed by atoms with Gasteiger partial charge in [-0.1, -0.05) is 30.0 Å². The first-order chi connectivity index (χ1) is 15.7. The first kappa shape index (κ1) is 20.7. The number of hydrogen-bond donors (Lipinski definition) is 2. The number of carbonyl (C=O) groups excluding carboxylic acids is 1. The van der Waals surface area contributed by atoms with Crippen LogP contribution in [0.1, 0.15) is 19.8 Å². The summed E-state index contributed by atoms with van der Waals surface area (Å²) in [7, 11) is 0. The normalized spacial score (nSPS) is 17.0. The number of benzene rings is 1. The van der Waals surface area contributed by atoms with Gasteiger partial charge in [0, 0.05) is 41.7 Å². The lowest BCUT2D eigenvalue weighted by Gasteiger charge is -2.16. The molecule has 5 rings (SSSR count). The number of hydrogen-bond acceptors (Lipinski definition) is 7. The van der Waals surface area contributed by atoms with Crippen molar-refractivity contribution in [2.75, 3.05) is 11.9 Å². The van der Waals surface area contributed by atoms with Crippen molar-refractivity contribution >= 4 is 34.5 Å². The quantitative estimate of drug-likeness (QED) is 0.415. The van der Waals surface area contributed by atoms with Crippen LogP contribution in [0.4, 0.5) is 5.95 Å². The van der Waals surface area contributed by atoms with Crippen LogP contribution in [0.25, 0.3) is 22.3 Å². The number of rotatable bonds is 7. The summed E-state index contributed by atoms with van der Waals surface area (Å²) < 4.78 is 7.95. The van der Waals surface area contributed by atoms with Gasteiger partial charge in [-0.3, -0.25) is 14.7 Å². The van der Waals surface area contributed by atoms with Gasteiger partial charge in [0.15, 0.2) is 11.0 Å². The predicted octanol–water partition coefficient (Wildman–Crippen LogP) is 3.51. The van der Waals surface area contributed by atoms with Crippen molar-refractivity contribution in [2.45, 2.75) is 42.8 Å². The molecule has 2 N–H and O–H groups in total. The highest BCUT2D eigenvalue weighted by Gasteiger charge is 2.25. The molecular formula is C22H23N7O2S. The second kappa shape index (κ2) is 9.09. The second-order valence-corrected chi connectivity index (χ2v) is 8.93. The first-order valence-corrected chi connectivity index (χ1v) is 11.4. The van der Waals surface area contributed by atoms with Gasteiger partial charge in [-0.05, 0) is 31.9 Å². The molecule has 164 valence electrons. The van der Waals surface area contributed by atoms with Gasteiger partial charge in [-0.25, -0.2) is 9.97 Å². The number of nitrogens with one attached hydrogen (secondary N) is 2. The van der Waals surface area contributed by atoms with Crippen molar-refractivity contribution in [3.05, 3.63) is 48.9 Å². The summed E-state index contributed by atoms with van der Waals surface area (Å²) in [6.07, 6.45) is 7.29. The number of aromatic nitrogens is 6. The van der Waals surface area contributed by atoms with E-state index in [0.29, 0.717) is 11.7 Å². The summed E-state index contributed by atoms with van der Waals surface area (Å²) in [6.45, 7) is 3.24. The van der Waals surface area contributed by atoms with Crippen LogP contribution in [0.2, 0.25) is 0 Å². The van der Waals surface area contributed by atoms with E-state index in [0.717, 1.165) is 41.7 Å². The minimum Gasteiger partial charge on any atom is -0.376 e. The number of carbonyl (C=O) groups is 1. The Morgan fingerprint density at radius 2 is 2.12 bits per heavy atom. The molecule has 0 bridgehead atoms. The Morgan fingerprint density at radius 1 is 1.28 bits per heavy atom. The molecule has 1 fully saturated rings. The van der Waals surface area contributed by atoms with Crippen LogP contribution in [0, 0.1) is 0 Å². The third-order valence-electron chi connectivity index (χ3n) is 5.41. The molecule has 4 heterocycles. The van der Waals surface area contributed by atoms with Gasteiger partial charge in [-0.15, -0.1) is 10.2 Å². The van der Waals surface area contributed by atoms with Crippen molar-refractivity contribution in [3.8, 4) is 11.4 Å². The van der Waals surface area contributed by atoms with Crippen molar-refractivity contribution in [2.24, 2.45) is 0 Å². The predicted molar refractivity (Wildman–Crippen MR) is 122 cm³/mol. The van der Waals surface area contributed by atoms with Crippen LogP contribution in [0.5, 0.6) is 0 Å². The summed E-state index contributed by atoms with van der Waals surface area (Å²) in [5.74, 6) is 0.853. The van der Waals surface area contributed by atoms with Crippen molar-refractivity contribution in [1.29, 1.82) is 0 Å². The van der Waals surface area contributed by atoms with Crippen LogP contribution in [0.3, 0.4) is 0 Å². The zero-order valence-electron chi connectivity index (χ0n) is 17.6. The van der Waals surface area contributed by atoms with E-state index in [1.165, 1.54) is 11.8 Å². The molecule has 4 aromatic rings. The van der Waals surface area contributed by atoms with Gasteiger partial charge in [0.2, 0.25) is 11.9 Å². The Morgan fingerprint density at radius 3 is 2.94 bits per heavy atom. The molecule has 0 radical (unpaired) electrons. The highest BCUT2D eigenvalue weighted by molar-refractivity contribution is 8.00. The fourth-order valence-electron chi connectivity index (χ4n) is 3.78. The maximum absolute atomic E-state index is 12.7.